The van der Waals surface area contributed by atoms with Crippen LogP contribution in [-0.4, -0.2) is 18.5 Å². The molecule has 18 heavy (non-hydrogen) atoms. The summed E-state index contributed by atoms with van der Waals surface area (Å²) in [7, 11) is 0. The topological polar surface area (TPSA) is 67.2 Å². The fourth-order valence-corrected chi connectivity index (χ4v) is 1.80. The van der Waals surface area contributed by atoms with Crippen molar-refractivity contribution < 1.29 is 4.79 Å². The molecular formula is C13H20BrN3O. The summed E-state index contributed by atoms with van der Waals surface area (Å²) in [5.41, 5.74) is 7.26. The van der Waals surface area contributed by atoms with Crippen molar-refractivity contribution >= 4 is 33.2 Å². The molecule has 0 aromatic heterocycles. The first-order valence-corrected chi connectivity index (χ1v) is 6.78. The number of hydrogen-bond acceptors (Lipinski definition) is 3. The predicted molar refractivity (Wildman–Crippen MR) is 79.5 cm³/mol. The lowest BCUT2D eigenvalue weighted by molar-refractivity contribution is -0.121. The molecule has 0 aliphatic heterocycles. The molecule has 1 unspecified atom stereocenters. The van der Waals surface area contributed by atoms with Crippen LogP contribution in [0.3, 0.4) is 0 Å². The maximum Gasteiger partial charge on any atom is 0.242 e. The van der Waals surface area contributed by atoms with Crippen LogP contribution in [0, 0.1) is 5.92 Å². The molecule has 1 aromatic rings. The first-order valence-electron chi connectivity index (χ1n) is 5.99. The van der Waals surface area contributed by atoms with Gasteiger partial charge in [-0.25, -0.2) is 0 Å². The molecular weight excluding hydrogens is 294 g/mol. The number of nitrogens with one attached hydrogen (secondary N) is 2. The second kappa shape index (κ2) is 6.64. The van der Waals surface area contributed by atoms with Crippen LogP contribution in [0.4, 0.5) is 11.4 Å². The molecule has 0 saturated carbocycles. The average Bonchev–Trinajstić information content (AvgIpc) is 2.29. The SMILES string of the molecule is CC(C)CNC(=O)C(C)Nc1ccc(Br)cc1N. The lowest BCUT2D eigenvalue weighted by Gasteiger charge is -2.17. The van der Waals surface area contributed by atoms with Gasteiger partial charge in [0, 0.05) is 11.0 Å². The van der Waals surface area contributed by atoms with Gasteiger partial charge < -0.3 is 16.4 Å². The van der Waals surface area contributed by atoms with E-state index >= 15 is 0 Å². The summed E-state index contributed by atoms with van der Waals surface area (Å²) in [4.78, 5) is 11.8. The van der Waals surface area contributed by atoms with Crippen molar-refractivity contribution in [3.05, 3.63) is 22.7 Å². The summed E-state index contributed by atoms with van der Waals surface area (Å²) in [6, 6.07) is 5.23. The van der Waals surface area contributed by atoms with Gasteiger partial charge in [0.05, 0.1) is 11.4 Å². The second-order valence-corrected chi connectivity index (χ2v) is 5.65. The molecule has 4 nitrogen and oxygen atoms in total. The number of benzene rings is 1. The van der Waals surface area contributed by atoms with Crippen LogP contribution in [0.15, 0.2) is 22.7 Å². The van der Waals surface area contributed by atoms with E-state index in [9.17, 15) is 4.79 Å². The summed E-state index contributed by atoms with van der Waals surface area (Å²) in [5.74, 6) is 0.421. The van der Waals surface area contributed by atoms with Gasteiger partial charge in [-0.15, -0.1) is 0 Å². The zero-order chi connectivity index (χ0) is 13.7. The average molecular weight is 314 g/mol. The van der Waals surface area contributed by atoms with E-state index in [0.717, 1.165) is 10.2 Å². The van der Waals surface area contributed by atoms with Gasteiger partial charge in [-0.05, 0) is 31.0 Å². The van der Waals surface area contributed by atoms with E-state index < -0.39 is 0 Å². The highest BCUT2D eigenvalue weighted by Crippen LogP contribution is 2.23. The van der Waals surface area contributed by atoms with E-state index in [1.54, 1.807) is 6.07 Å². The van der Waals surface area contributed by atoms with Gasteiger partial charge in [-0.1, -0.05) is 29.8 Å². The van der Waals surface area contributed by atoms with E-state index in [4.69, 9.17) is 5.73 Å². The Morgan fingerprint density at radius 3 is 2.61 bits per heavy atom. The van der Waals surface area contributed by atoms with Gasteiger partial charge in [-0.3, -0.25) is 4.79 Å². The van der Waals surface area contributed by atoms with Crippen molar-refractivity contribution in [3.63, 3.8) is 0 Å². The van der Waals surface area contributed by atoms with Gasteiger partial charge in [0.2, 0.25) is 5.91 Å². The molecule has 100 valence electrons. The van der Waals surface area contributed by atoms with Gasteiger partial charge in [0.25, 0.3) is 0 Å². The van der Waals surface area contributed by atoms with Gasteiger partial charge in [-0.2, -0.15) is 0 Å². The van der Waals surface area contributed by atoms with Crippen LogP contribution in [-0.2, 0) is 4.79 Å². The Hall–Kier alpha value is -1.23. The van der Waals surface area contributed by atoms with Gasteiger partial charge >= 0.3 is 0 Å². The molecule has 0 bridgehead atoms. The Labute approximate surface area is 116 Å². The normalized spacial score (nSPS) is 12.3. The van der Waals surface area contributed by atoms with Crippen molar-refractivity contribution in [1.29, 1.82) is 0 Å². The van der Waals surface area contributed by atoms with Crippen LogP contribution >= 0.6 is 15.9 Å². The maximum absolute atomic E-state index is 11.8. The number of amides is 1. The molecule has 0 heterocycles. The zero-order valence-corrected chi connectivity index (χ0v) is 12.5. The zero-order valence-electron chi connectivity index (χ0n) is 11.0. The van der Waals surface area contributed by atoms with Crippen molar-refractivity contribution in [2.24, 2.45) is 5.92 Å². The second-order valence-electron chi connectivity index (χ2n) is 4.74. The number of halogens is 1. The molecule has 0 aliphatic rings. The lowest BCUT2D eigenvalue weighted by atomic mass is 10.2. The molecule has 0 radical (unpaired) electrons. The van der Waals surface area contributed by atoms with Crippen LogP contribution in [0.2, 0.25) is 0 Å². The van der Waals surface area contributed by atoms with Crippen molar-refractivity contribution in [3.8, 4) is 0 Å². The minimum atomic E-state index is -0.313. The van der Waals surface area contributed by atoms with Crippen molar-refractivity contribution in [1.82, 2.24) is 5.32 Å². The van der Waals surface area contributed by atoms with E-state index in [2.05, 4.69) is 40.4 Å². The Balaban J connectivity index is 2.58. The maximum atomic E-state index is 11.8. The predicted octanol–water partition coefficient (Wildman–Crippen LogP) is 2.60. The first-order chi connectivity index (χ1) is 8.40. The third-order valence-electron chi connectivity index (χ3n) is 2.46. The molecule has 1 aromatic carbocycles. The minimum Gasteiger partial charge on any atom is -0.397 e. The van der Waals surface area contributed by atoms with E-state index in [0.29, 0.717) is 18.2 Å². The highest BCUT2D eigenvalue weighted by atomic mass is 79.9. The quantitative estimate of drug-likeness (QED) is 0.732. The summed E-state index contributed by atoms with van der Waals surface area (Å²) >= 11 is 3.35. The summed E-state index contributed by atoms with van der Waals surface area (Å²) < 4.78 is 0.919. The Bertz CT molecular complexity index is 421. The van der Waals surface area contributed by atoms with E-state index in [-0.39, 0.29) is 11.9 Å². The Morgan fingerprint density at radius 1 is 1.39 bits per heavy atom. The standard InChI is InChI=1S/C13H20BrN3O/c1-8(2)7-16-13(18)9(3)17-12-5-4-10(14)6-11(12)15/h4-6,8-9,17H,7,15H2,1-3H3,(H,16,18). The third-order valence-corrected chi connectivity index (χ3v) is 2.96. The Morgan fingerprint density at radius 2 is 2.06 bits per heavy atom. The minimum absolute atomic E-state index is 0.0222. The Kier molecular flexibility index (Phi) is 5.47. The molecule has 0 spiro atoms. The van der Waals surface area contributed by atoms with Crippen LogP contribution in [0.5, 0.6) is 0 Å². The van der Waals surface area contributed by atoms with Crippen molar-refractivity contribution in [2.45, 2.75) is 26.8 Å². The highest BCUT2D eigenvalue weighted by Gasteiger charge is 2.13. The number of hydrogen-bond donors (Lipinski definition) is 3. The van der Waals surface area contributed by atoms with E-state index in [1.165, 1.54) is 0 Å². The largest absolute Gasteiger partial charge is 0.397 e. The number of nitrogens with two attached hydrogens (primary N) is 1. The van der Waals surface area contributed by atoms with Gasteiger partial charge in [0.1, 0.15) is 6.04 Å². The molecule has 4 N–H and O–H groups in total. The summed E-state index contributed by atoms with van der Waals surface area (Å²) in [5, 5.41) is 5.98. The molecule has 0 fully saturated rings. The lowest BCUT2D eigenvalue weighted by Crippen LogP contribution is -2.39. The first kappa shape index (κ1) is 14.8. The van der Waals surface area contributed by atoms with Crippen LogP contribution in [0.25, 0.3) is 0 Å². The molecule has 5 heteroatoms. The van der Waals surface area contributed by atoms with Crippen LogP contribution in [0.1, 0.15) is 20.8 Å². The number of carbonyl (C=O) groups excluding carboxylic acids is 1. The molecule has 1 rings (SSSR count). The van der Waals surface area contributed by atoms with Gasteiger partial charge in [0.15, 0.2) is 0 Å². The number of nitrogen functional groups attached to an aromatic ring is 1. The fourth-order valence-electron chi connectivity index (χ4n) is 1.42. The third kappa shape index (κ3) is 4.56. The number of anilines is 2. The summed E-state index contributed by atoms with van der Waals surface area (Å²) in [6.07, 6.45) is 0. The monoisotopic (exact) mass is 313 g/mol. The number of carbonyl (C=O) groups is 1. The molecule has 0 aliphatic carbocycles. The van der Waals surface area contributed by atoms with Crippen molar-refractivity contribution in [2.75, 3.05) is 17.6 Å². The molecule has 1 amide bonds. The molecule has 1 atom stereocenters. The summed E-state index contributed by atoms with van der Waals surface area (Å²) in [6.45, 7) is 6.62. The smallest absolute Gasteiger partial charge is 0.242 e. The van der Waals surface area contributed by atoms with E-state index in [1.807, 2.05) is 19.1 Å². The number of rotatable bonds is 5. The van der Waals surface area contributed by atoms with Crippen LogP contribution < -0.4 is 16.4 Å². The molecule has 0 saturated heterocycles. The fraction of sp³-hybridized carbons (Fsp3) is 0.462. The highest BCUT2D eigenvalue weighted by molar-refractivity contribution is 9.10.